The summed E-state index contributed by atoms with van der Waals surface area (Å²) in [6.07, 6.45) is 7.49. The highest BCUT2D eigenvalue weighted by Gasteiger charge is 2.45. The molecule has 126 valence electrons. The van der Waals surface area contributed by atoms with Crippen molar-refractivity contribution in [3.63, 3.8) is 0 Å². The number of nitrogens with one attached hydrogen (secondary N) is 1. The van der Waals surface area contributed by atoms with E-state index in [4.69, 9.17) is 4.74 Å². The van der Waals surface area contributed by atoms with Crippen molar-refractivity contribution in [3.8, 4) is 0 Å². The number of carbonyl (C=O) groups is 1. The zero-order chi connectivity index (χ0) is 16.0. The molecule has 1 unspecified atom stereocenters. The van der Waals surface area contributed by atoms with E-state index < -0.39 is 0 Å². The fraction of sp³-hybridized carbons (Fsp3) is 0.765. The Bertz CT molecular complexity index is 616. The molecule has 2 aliphatic heterocycles. The van der Waals surface area contributed by atoms with E-state index in [1.165, 1.54) is 25.7 Å². The Morgan fingerprint density at radius 3 is 2.70 bits per heavy atom. The molecule has 0 aromatic carbocycles. The number of aryl methyl sites for hydroxylation is 2. The molecule has 23 heavy (non-hydrogen) atoms. The third-order valence-electron chi connectivity index (χ3n) is 5.63. The maximum absolute atomic E-state index is 12.5. The summed E-state index contributed by atoms with van der Waals surface area (Å²) < 4.78 is 8.02. The summed E-state index contributed by atoms with van der Waals surface area (Å²) in [6.45, 7) is 4.03. The second kappa shape index (κ2) is 5.51. The van der Waals surface area contributed by atoms with Crippen LogP contribution in [0, 0.1) is 6.92 Å². The first-order chi connectivity index (χ1) is 11.1. The summed E-state index contributed by atoms with van der Waals surface area (Å²) >= 11 is 0. The van der Waals surface area contributed by atoms with Gasteiger partial charge in [-0.15, -0.1) is 0 Å². The zero-order valence-electron chi connectivity index (χ0n) is 14.1. The molecule has 3 fully saturated rings. The SMILES string of the molecule is Cc1nn(C)c(N2CCC2)c1NC(=O)CC1CCC2(CCC2)O1. The van der Waals surface area contributed by atoms with Crippen molar-refractivity contribution in [1.82, 2.24) is 9.78 Å². The second-order valence-electron chi connectivity index (χ2n) is 7.32. The van der Waals surface area contributed by atoms with Crippen molar-refractivity contribution in [3.05, 3.63) is 5.69 Å². The van der Waals surface area contributed by atoms with E-state index in [0.29, 0.717) is 6.42 Å². The summed E-state index contributed by atoms with van der Waals surface area (Å²) in [7, 11) is 1.94. The molecule has 1 amide bonds. The number of anilines is 2. The van der Waals surface area contributed by atoms with Gasteiger partial charge in [0.05, 0.1) is 23.8 Å². The van der Waals surface area contributed by atoms with Crippen LogP contribution in [-0.4, -0.2) is 40.5 Å². The van der Waals surface area contributed by atoms with Crippen molar-refractivity contribution in [2.75, 3.05) is 23.3 Å². The van der Waals surface area contributed by atoms with Gasteiger partial charge in [0.15, 0.2) is 5.82 Å². The predicted octanol–water partition coefficient (Wildman–Crippen LogP) is 2.37. The lowest BCUT2D eigenvalue weighted by Crippen LogP contribution is -2.39. The molecule has 4 rings (SSSR count). The molecule has 1 aromatic heterocycles. The first kappa shape index (κ1) is 15.0. The summed E-state index contributed by atoms with van der Waals surface area (Å²) in [5.74, 6) is 1.08. The quantitative estimate of drug-likeness (QED) is 0.926. The van der Waals surface area contributed by atoms with Gasteiger partial charge in [-0.05, 0) is 45.4 Å². The predicted molar refractivity (Wildman–Crippen MR) is 88.7 cm³/mol. The van der Waals surface area contributed by atoms with Crippen LogP contribution >= 0.6 is 0 Å². The largest absolute Gasteiger partial charge is 0.371 e. The van der Waals surface area contributed by atoms with Crippen LogP contribution in [0.2, 0.25) is 0 Å². The maximum atomic E-state index is 12.5. The molecule has 1 aromatic rings. The fourth-order valence-electron chi connectivity index (χ4n) is 4.06. The van der Waals surface area contributed by atoms with E-state index in [0.717, 1.165) is 43.1 Å². The fourth-order valence-corrected chi connectivity index (χ4v) is 4.06. The Kier molecular flexibility index (Phi) is 3.59. The number of carbonyl (C=O) groups excluding carboxylic acids is 1. The van der Waals surface area contributed by atoms with E-state index in [2.05, 4.69) is 15.3 Å². The van der Waals surface area contributed by atoms with Gasteiger partial charge in [-0.25, -0.2) is 0 Å². The first-order valence-electron chi connectivity index (χ1n) is 8.83. The van der Waals surface area contributed by atoms with Gasteiger partial charge in [0, 0.05) is 20.1 Å². The average molecular weight is 318 g/mol. The van der Waals surface area contributed by atoms with Crippen LogP contribution in [0.4, 0.5) is 11.5 Å². The molecule has 3 heterocycles. The Hall–Kier alpha value is -1.56. The van der Waals surface area contributed by atoms with E-state index in [-0.39, 0.29) is 17.6 Å². The zero-order valence-corrected chi connectivity index (χ0v) is 14.1. The highest BCUT2D eigenvalue weighted by atomic mass is 16.5. The number of hydrogen-bond acceptors (Lipinski definition) is 4. The molecule has 6 heteroatoms. The molecule has 1 N–H and O–H groups in total. The van der Waals surface area contributed by atoms with E-state index in [9.17, 15) is 4.79 Å². The normalized spacial score (nSPS) is 25.3. The van der Waals surface area contributed by atoms with Crippen molar-refractivity contribution >= 4 is 17.4 Å². The van der Waals surface area contributed by atoms with Crippen molar-refractivity contribution in [2.45, 2.75) is 63.6 Å². The standard InChI is InChI=1S/C17H26N4O2/c1-12-15(16(20(2)19-12)21-9-4-10-21)18-14(22)11-13-5-8-17(23-13)6-3-7-17/h13H,3-11H2,1-2H3,(H,18,22). The van der Waals surface area contributed by atoms with Gasteiger partial charge in [0.25, 0.3) is 0 Å². The summed E-state index contributed by atoms with van der Waals surface area (Å²) in [5, 5.41) is 7.57. The minimum absolute atomic E-state index is 0.0456. The van der Waals surface area contributed by atoms with Gasteiger partial charge >= 0.3 is 0 Å². The van der Waals surface area contributed by atoms with Crippen molar-refractivity contribution in [1.29, 1.82) is 0 Å². The average Bonchev–Trinajstić information content (AvgIpc) is 2.93. The third-order valence-corrected chi connectivity index (χ3v) is 5.63. The topological polar surface area (TPSA) is 59.4 Å². The molecule has 3 aliphatic rings. The van der Waals surface area contributed by atoms with Gasteiger partial charge in [-0.2, -0.15) is 5.10 Å². The number of hydrogen-bond donors (Lipinski definition) is 1. The molecule has 1 aliphatic carbocycles. The van der Waals surface area contributed by atoms with Gasteiger partial charge in [-0.1, -0.05) is 0 Å². The van der Waals surface area contributed by atoms with E-state index in [1.54, 1.807) is 0 Å². The smallest absolute Gasteiger partial charge is 0.227 e. The molecule has 6 nitrogen and oxygen atoms in total. The first-order valence-corrected chi connectivity index (χ1v) is 8.83. The number of amides is 1. The van der Waals surface area contributed by atoms with Crippen LogP contribution in [0.1, 0.15) is 50.6 Å². The van der Waals surface area contributed by atoms with Crippen molar-refractivity contribution in [2.24, 2.45) is 7.05 Å². The second-order valence-corrected chi connectivity index (χ2v) is 7.32. The Morgan fingerprint density at radius 2 is 2.13 bits per heavy atom. The Morgan fingerprint density at radius 1 is 1.35 bits per heavy atom. The highest BCUT2D eigenvalue weighted by Crippen LogP contribution is 2.46. The molecule has 2 saturated heterocycles. The Labute approximate surface area is 137 Å². The highest BCUT2D eigenvalue weighted by molar-refractivity contribution is 5.95. The van der Waals surface area contributed by atoms with E-state index >= 15 is 0 Å². The molecule has 0 bridgehead atoms. The monoisotopic (exact) mass is 318 g/mol. The lowest BCUT2D eigenvalue weighted by molar-refractivity contribution is -0.124. The van der Waals surface area contributed by atoms with Gasteiger partial charge in [0.2, 0.25) is 5.91 Å². The number of aromatic nitrogens is 2. The molecule has 1 spiro atoms. The summed E-state index contributed by atoms with van der Waals surface area (Å²) in [4.78, 5) is 14.8. The molecular formula is C17H26N4O2. The van der Waals surface area contributed by atoms with E-state index in [1.807, 2.05) is 18.7 Å². The Balaban J connectivity index is 1.41. The summed E-state index contributed by atoms with van der Waals surface area (Å²) in [6, 6.07) is 0. The van der Waals surface area contributed by atoms with Crippen LogP contribution < -0.4 is 10.2 Å². The van der Waals surface area contributed by atoms with Crippen LogP contribution in [0.3, 0.4) is 0 Å². The van der Waals surface area contributed by atoms with Crippen LogP contribution in [0.15, 0.2) is 0 Å². The number of ether oxygens (including phenoxy) is 1. The van der Waals surface area contributed by atoms with Crippen LogP contribution in [0.25, 0.3) is 0 Å². The molecule has 0 radical (unpaired) electrons. The minimum atomic E-state index is 0.0456. The number of nitrogens with zero attached hydrogens (tertiary/aromatic N) is 3. The minimum Gasteiger partial charge on any atom is -0.371 e. The third kappa shape index (κ3) is 2.63. The molecular weight excluding hydrogens is 292 g/mol. The van der Waals surface area contributed by atoms with Gasteiger partial charge in [0.1, 0.15) is 5.69 Å². The van der Waals surface area contributed by atoms with Crippen molar-refractivity contribution < 1.29 is 9.53 Å². The van der Waals surface area contributed by atoms with Crippen LogP contribution in [-0.2, 0) is 16.6 Å². The molecule has 1 atom stereocenters. The number of rotatable bonds is 4. The molecule has 1 saturated carbocycles. The van der Waals surface area contributed by atoms with Gasteiger partial charge in [-0.3, -0.25) is 9.48 Å². The lowest BCUT2D eigenvalue weighted by atomic mass is 9.78. The maximum Gasteiger partial charge on any atom is 0.227 e. The lowest BCUT2D eigenvalue weighted by Gasteiger charge is -2.37. The van der Waals surface area contributed by atoms with Crippen LogP contribution in [0.5, 0.6) is 0 Å². The summed E-state index contributed by atoms with van der Waals surface area (Å²) in [5.41, 5.74) is 1.87. The van der Waals surface area contributed by atoms with Gasteiger partial charge < -0.3 is 15.0 Å².